The van der Waals surface area contributed by atoms with Crippen LogP contribution < -0.4 is 0 Å². The summed E-state index contributed by atoms with van der Waals surface area (Å²) in [6, 6.07) is 8.11. The lowest BCUT2D eigenvalue weighted by molar-refractivity contribution is -0.143. The van der Waals surface area contributed by atoms with Crippen molar-refractivity contribution in [2.45, 2.75) is 75.2 Å². The number of nitrogens with zero attached hydrogens (tertiary/aromatic N) is 4. The molecular formula is C28H29F7N4O. The normalized spacial score (nSPS) is 25.3. The second-order valence-corrected chi connectivity index (χ2v) is 10.6. The molecule has 2 aromatic carbocycles. The van der Waals surface area contributed by atoms with Crippen LogP contribution in [0, 0.1) is 5.82 Å². The minimum atomic E-state index is -4.94. The standard InChI is InChI=1S/C28H29F7N4O/c1-17(19-10-20(27(30,31)32)12-21(11-19)28(33,34)35)40-26-8-9-38(14-25(26)18-2-4-22(29)5-3-18)23-6-7-24(13-23)39-15-36-37-16-39/h2-5,10-12,15-17,23-26H,6-9,13-14H2,1H3/t17-,23?,24?,25+,26+/m1/s1. The van der Waals surface area contributed by atoms with Gasteiger partial charge in [0.15, 0.2) is 0 Å². The van der Waals surface area contributed by atoms with Crippen LogP contribution in [0.4, 0.5) is 30.7 Å². The first-order chi connectivity index (χ1) is 18.9. The van der Waals surface area contributed by atoms with Crippen molar-refractivity contribution in [3.63, 3.8) is 0 Å². The Kier molecular flexibility index (Phi) is 7.93. The molecule has 12 heteroatoms. The van der Waals surface area contributed by atoms with Crippen LogP contribution in [0.3, 0.4) is 0 Å². The van der Waals surface area contributed by atoms with Crippen molar-refractivity contribution < 1.29 is 35.5 Å². The largest absolute Gasteiger partial charge is 0.416 e. The van der Waals surface area contributed by atoms with Gasteiger partial charge in [-0.2, -0.15) is 26.3 Å². The van der Waals surface area contributed by atoms with Gasteiger partial charge in [0, 0.05) is 31.1 Å². The Morgan fingerprint density at radius 1 is 0.850 bits per heavy atom. The molecule has 1 aliphatic heterocycles. The number of ether oxygens (including phenoxy) is 1. The fourth-order valence-electron chi connectivity index (χ4n) is 5.97. The zero-order valence-electron chi connectivity index (χ0n) is 21.7. The van der Waals surface area contributed by atoms with E-state index in [0.717, 1.165) is 24.8 Å². The molecule has 1 aliphatic carbocycles. The average Bonchev–Trinajstić information content (AvgIpc) is 3.61. The van der Waals surface area contributed by atoms with Crippen LogP contribution >= 0.6 is 0 Å². The SMILES string of the molecule is C[C@@H](O[C@H]1CCN(C2CCC(n3cnnc3)C2)C[C@H]1c1ccc(F)cc1)c1cc(C(F)(F)F)cc(C(F)(F)F)c1. The first-order valence-electron chi connectivity index (χ1n) is 13.2. The van der Waals surface area contributed by atoms with Gasteiger partial charge in [-0.1, -0.05) is 12.1 Å². The third-order valence-corrected chi connectivity index (χ3v) is 8.09. The number of hydrogen-bond acceptors (Lipinski definition) is 4. The molecule has 5 nitrogen and oxygen atoms in total. The molecule has 0 radical (unpaired) electrons. The first-order valence-corrected chi connectivity index (χ1v) is 13.2. The highest BCUT2D eigenvalue weighted by Crippen LogP contribution is 2.41. The van der Waals surface area contributed by atoms with Crippen molar-refractivity contribution in [1.29, 1.82) is 0 Å². The number of likely N-dealkylation sites (tertiary alicyclic amines) is 1. The summed E-state index contributed by atoms with van der Waals surface area (Å²) in [6.45, 7) is 2.69. The van der Waals surface area contributed by atoms with Crippen molar-refractivity contribution in [2.24, 2.45) is 0 Å². The van der Waals surface area contributed by atoms with E-state index < -0.39 is 41.5 Å². The van der Waals surface area contributed by atoms with Gasteiger partial charge in [-0.25, -0.2) is 4.39 Å². The van der Waals surface area contributed by atoms with Crippen molar-refractivity contribution in [3.05, 3.63) is 83.2 Å². The minimum absolute atomic E-state index is 0.116. The summed E-state index contributed by atoms with van der Waals surface area (Å²) in [6.07, 6.45) is -4.65. The molecule has 216 valence electrons. The van der Waals surface area contributed by atoms with Crippen molar-refractivity contribution in [2.75, 3.05) is 13.1 Å². The van der Waals surface area contributed by atoms with E-state index >= 15 is 0 Å². The van der Waals surface area contributed by atoms with Gasteiger partial charge in [-0.3, -0.25) is 4.90 Å². The summed E-state index contributed by atoms with van der Waals surface area (Å²) in [5.74, 6) is -0.655. The van der Waals surface area contributed by atoms with Crippen molar-refractivity contribution >= 4 is 0 Å². The molecule has 3 aromatic rings. The Bertz CT molecular complexity index is 1250. The summed E-state index contributed by atoms with van der Waals surface area (Å²) >= 11 is 0. The highest BCUT2D eigenvalue weighted by Gasteiger charge is 2.40. The minimum Gasteiger partial charge on any atom is -0.370 e. The van der Waals surface area contributed by atoms with Crippen LogP contribution in [-0.2, 0) is 17.1 Å². The molecule has 0 amide bonds. The molecule has 0 bridgehead atoms. The Morgan fingerprint density at radius 3 is 2.05 bits per heavy atom. The van der Waals surface area contributed by atoms with Gasteiger partial charge in [0.05, 0.1) is 23.3 Å². The second-order valence-electron chi connectivity index (χ2n) is 10.6. The number of rotatable bonds is 6. The van der Waals surface area contributed by atoms with Gasteiger partial charge in [0.2, 0.25) is 0 Å². The molecular weight excluding hydrogens is 541 g/mol. The molecule has 1 saturated carbocycles. The topological polar surface area (TPSA) is 43.2 Å². The monoisotopic (exact) mass is 570 g/mol. The predicted molar refractivity (Wildman–Crippen MR) is 132 cm³/mol. The van der Waals surface area contributed by atoms with Crippen molar-refractivity contribution in [1.82, 2.24) is 19.7 Å². The van der Waals surface area contributed by atoms with E-state index in [1.54, 1.807) is 24.8 Å². The summed E-state index contributed by atoms with van der Waals surface area (Å²) in [7, 11) is 0. The third kappa shape index (κ3) is 6.33. The molecule has 40 heavy (non-hydrogen) atoms. The highest BCUT2D eigenvalue weighted by molar-refractivity contribution is 5.35. The van der Waals surface area contributed by atoms with Crippen LogP contribution in [0.25, 0.3) is 0 Å². The quantitative estimate of drug-likeness (QED) is 0.295. The Hall–Kier alpha value is -2.99. The molecule has 5 atom stereocenters. The summed E-state index contributed by atoms with van der Waals surface area (Å²) in [4.78, 5) is 2.36. The number of aromatic nitrogens is 3. The lowest BCUT2D eigenvalue weighted by Gasteiger charge is -2.42. The summed E-state index contributed by atoms with van der Waals surface area (Å²) in [5.41, 5.74) is -2.14. The van der Waals surface area contributed by atoms with Crippen molar-refractivity contribution in [3.8, 4) is 0 Å². The van der Waals surface area contributed by atoms with Gasteiger partial charge in [0.1, 0.15) is 18.5 Å². The zero-order chi connectivity index (χ0) is 28.7. The fraction of sp³-hybridized carbons (Fsp3) is 0.500. The molecule has 0 spiro atoms. The molecule has 2 fully saturated rings. The van der Waals surface area contributed by atoms with E-state index in [1.165, 1.54) is 19.1 Å². The molecule has 5 rings (SSSR count). The third-order valence-electron chi connectivity index (χ3n) is 8.09. The first kappa shape index (κ1) is 28.5. The number of hydrogen-bond donors (Lipinski definition) is 0. The van der Waals surface area contributed by atoms with Crippen LogP contribution in [0.15, 0.2) is 55.1 Å². The molecule has 2 aliphatic rings. The van der Waals surface area contributed by atoms with Gasteiger partial charge < -0.3 is 9.30 Å². The fourth-order valence-corrected chi connectivity index (χ4v) is 5.97. The average molecular weight is 571 g/mol. The Labute approximate surface area is 227 Å². The molecule has 1 saturated heterocycles. The van der Waals surface area contributed by atoms with Crippen LogP contribution in [-0.4, -0.2) is 44.9 Å². The maximum absolute atomic E-state index is 13.7. The van der Waals surface area contributed by atoms with E-state index in [1.807, 2.05) is 4.57 Å². The van der Waals surface area contributed by atoms with Gasteiger partial charge in [0.25, 0.3) is 0 Å². The maximum Gasteiger partial charge on any atom is 0.416 e. The maximum atomic E-state index is 13.7. The second kappa shape index (κ2) is 11.1. The van der Waals surface area contributed by atoms with Gasteiger partial charge >= 0.3 is 12.4 Å². The molecule has 1 aromatic heterocycles. The van der Waals surface area contributed by atoms with E-state index in [2.05, 4.69) is 15.1 Å². The van der Waals surface area contributed by atoms with Crippen LogP contribution in [0.1, 0.15) is 72.9 Å². The highest BCUT2D eigenvalue weighted by atomic mass is 19.4. The number of halogens is 7. The lowest BCUT2D eigenvalue weighted by Crippen LogP contribution is -2.47. The predicted octanol–water partition coefficient (Wildman–Crippen LogP) is 7.18. The Morgan fingerprint density at radius 2 is 1.45 bits per heavy atom. The van der Waals surface area contributed by atoms with E-state index in [0.29, 0.717) is 31.6 Å². The van der Waals surface area contributed by atoms with E-state index in [4.69, 9.17) is 4.74 Å². The number of piperidine rings is 1. The molecule has 0 N–H and O–H groups in total. The van der Waals surface area contributed by atoms with Crippen LogP contribution in [0.2, 0.25) is 0 Å². The Balaban J connectivity index is 1.37. The number of benzene rings is 2. The summed E-state index contributed by atoms with van der Waals surface area (Å²) in [5, 5.41) is 7.78. The number of alkyl halides is 6. The molecule has 2 unspecified atom stereocenters. The smallest absolute Gasteiger partial charge is 0.370 e. The van der Waals surface area contributed by atoms with E-state index in [9.17, 15) is 30.7 Å². The lowest BCUT2D eigenvalue weighted by atomic mass is 9.86. The van der Waals surface area contributed by atoms with Crippen LogP contribution in [0.5, 0.6) is 0 Å². The molecule has 2 heterocycles. The van der Waals surface area contributed by atoms with Gasteiger partial charge in [-0.15, -0.1) is 10.2 Å². The zero-order valence-corrected chi connectivity index (χ0v) is 21.7. The van der Waals surface area contributed by atoms with Gasteiger partial charge in [-0.05, 0) is 74.1 Å². The van der Waals surface area contributed by atoms with E-state index in [-0.39, 0.29) is 29.6 Å². The summed E-state index contributed by atoms with van der Waals surface area (Å²) < 4.78 is 103.